The predicted molar refractivity (Wildman–Crippen MR) is 93.3 cm³/mol. The van der Waals surface area contributed by atoms with Crippen LogP contribution in [0.1, 0.15) is 11.3 Å². The molecule has 24 heavy (non-hydrogen) atoms. The van der Waals surface area contributed by atoms with Gasteiger partial charge in [0.15, 0.2) is 0 Å². The van der Waals surface area contributed by atoms with Crippen molar-refractivity contribution in [3.05, 3.63) is 78.1 Å². The Hall–Kier alpha value is -3.01. The molecule has 0 bridgehead atoms. The molecule has 4 heteroatoms. The van der Waals surface area contributed by atoms with Crippen molar-refractivity contribution < 1.29 is 4.39 Å². The average Bonchev–Trinajstić information content (AvgIpc) is 2.96. The van der Waals surface area contributed by atoms with E-state index in [0.29, 0.717) is 5.56 Å². The van der Waals surface area contributed by atoms with E-state index in [0.717, 1.165) is 33.7 Å². The normalized spacial score (nSPS) is 11.1. The summed E-state index contributed by atoms with van der Waals surface area (Å²) in [6, 6.07) is 13.1. The van der Waals surface area contributed by atoms with E-state index in [1.165, 1.54) is 6.07 Å². The van der Waals surface area contributed by atoms with Crippen LogP contribution < -0.4 is 0 Å². The fourth-order valence-electron chi connectivity index (χ4n) is 2.94. The van der Waals surface area contributed by atoms with Gasteiger partial charge in [-0.15, -0.1) is 0 Å². The summed E-state index contributed by atoms with van der Waals surface area (Å²) in [5.41, 5.74) is 6.32. The van der Waals surface area contributed by atoms with E-state index in [9.17, 15) is 4.39 Å². The Morgan fingerprint density at radius 2 is 1.79 bits per heavy atom. The van der Waals surface area contributed by atoms with E-state index in [4.69, 9.17) is 0 Å². The van der Waals surface area contributed by atoms with E-state index < -0.39 is 0 Å². The van der Waals surface area contributed by atoms with Crippen LogP contribution in [0.15, 0.2) is 61.1 Å². The second-order valence-corrected chi connectivity index (χ2v) is 5.93. The molecule has 0 aliphatic heterocycles. The first-order valence-corrected chi connectivity index (χ1v) is 7.79. The number of aromatic nitrogens is 3. The molecule has 1 aromatic carbocycles. The Labute approximate surface area is 139 Å². The van der Waals surface area contributed by atoms with E-state index >= 15 is 0 Å². The topological polar surface area (TPSA) is 30.2 Å². The van der Waals surface area contributed by atoms with E-state index in [2.05, 4.69) is 9.97 Å². The highest BCUT2D eigenvalue weighted by Gasteiger charge is 2.11. The molecular weight excluding hydrogens is 301 g/mol. The molecule has 3 heterocycles. The largest absolute Gasteiger partial charge is 0.306 e. The van der Waals surface area contributed by atoms with Crippen LogP contribution in [0.2, 0.25) is 0 Å². The molecule has 4 rings (SSSR count). The number of rotatable bonds is 2. The fraction of sp³-hybridized carbons (Fsp3) is 0.100. The molecule has 4 aromatic rings. The molecule has 0 saturated carbocycles. The average molecular weight is 317 g/mol. The summed E-state index contributed by atoms with van der Waals surface area (Å²) in [5, 5.41) is 0. The number of benzene rings is 1. The van der Waals surface area contributed by atoms with Gasteiger partial charge in [0.05, 0.1) is 11.4 Å². The lowest BCUT2D eigenvalue weighted by Crippen LogP contribution is -1.92. The van der Waals surface area contributed by atoms with Crippen molar-refractivity contribution in [2.75, 3.05) is 0 Å². The zero-order valence-electron chi connectivity index (χ0n) is 13.5. The molecule has 0 aliphatic carbocycles. The third-order valence-corrected chi connectivity index (χ3v) is 4.12. The highest BCUT2D eigenvalue weighted by molar-refractivity contribution is 5.81. The monoisotopic (exact) mass is 317 g/mol. The van der Waals surface area contributed by atoms with Gasteiger partial charge < -0.3 is 4.40 Å². The summed E-state index contributed by atoms with van der Waals surface area (Å²) >= 11 is 0. The molecular formula is C20H16FN3. The minimum absolute atomic E-state index is 0.202. The quantitative estimate of drug-likeness (QED) is 0.530. The minimum Gasteiger partial charge on any atom is -0.306 e. The van der Waals surface area contributed by atoms with Crippen molar-refractivity contribution in [3.63, 3.8) is 0 Å². The van der Waals surface area contributed by atoms with Crippen molar-refractivity contribution >= 4 is 5.65 Å². The van der Waals surface area contributed by atoms with Crippen LogP contribution in [0.25, 0.3) is 28.0 Å². The van der Waals surface area contributed by atoms with Gasteiger partial charge in [-0.1, -0.05) is 6.07 Å². The molecule has 0 unspecified atom stereocenters. The number of imidazole rings is 1. The standard InChI is InChI=1S/C20H16FN3/c1-13-10-15(5-7-18(13)21)20-17(4-3-9-22-20)16-6-8-19-23-14(2)11-24(19)12-16/h3-12H,1-2H3. The third kappa shape index (κ3) is 2.46. The van der Waals surface area contributed by atoms with Gasteiger partial charge in [-0.2, -0.15) is 0 Å². The van der Waals surface area contributed by atoms with E-state index in [1.807, 2.05) is 54.0 Å². The highest BCUT2D eigenvalue weighted by Crippen LogP contribution is 2.31. The SMILES string of the molecule is Cc1cn2cc(-c3cccnc3-c3ccc(F)c(C)c3)ccc2n1. The number of pyridine rings is 2. The van der Waals surface area contributed by atoms with Crippen molar-refractivity contribution in [1.82, 2.24) is 14.4 Å². The highest BCUT2D eigenvalue weighted by atomic mass is 19.1. The number of aryl methyl sites for hydroxylation is 2. The summed E-state index contributed by atoms with van der Waals surface area (Å²) in [5.74, 6) is -0.202. The predicted octanol–water partition coefficient (Wildman–Crippen LogP) is 4.82. The van der Waals surface area contributed by atoms with Crippen LogP contribution in [0.3, 0.4) is 0 Å². The Bertz CT molecular complexity index is 1050. The summed E-state index contributed by atoms with van der Waals surface area (Å²) in [6.45, 7) is 3.74. The molecule has 0 radical (unpaired) electrons. The molecule has 0 amide bonds. The Kier molecular flexibility index (Phi) is 3.38. The summed E-state index contributed by atoms with van der Waals surface area (Å²) in [7, 11) is 0. The first-order valence-electron chi connectivity index (χ1n) is 7.79. The van der Waals surface area contributed by atoms with Gasteiger partial charge in [-0.3, -0.25) is 4.98 Å². The molecule has 0 aliphatic rings. The van der Waals surface area contributed by atoms with Crippen LogP contribution in [-0.2, 0) is 0 Å². The lowest BCUT2D eigenvalue weighted by atomic mass is 9.99. The maximum atomic E-state index is 13.6. The van der Waals surface area contributed by atoms with Crippen LogP contribution >= 0.6 is 0 Å². The van der Waals surface area contributed by atoms with Crippen LogP contribution in [0, 0.1) is 19.7 Å². The second kappa shape index (κ2) is 5.57. The van der Waals surface area contributed by atoms with Crippen LogP contribution in [0.5, 0.6) is 0 Å². The fourth-order valence-corrected chi connectivity index (χ4v) is 2.94. The van der Waals surface area contributed by atoms with Gasteiger partial charge in [-0.25, -0.2) is 9.37 Å². The smallest absolute Gasteiger partial charge is 0.136 e. The van der Waals surface area contributed by atoms with E-state index in [-0.39, 0.29) is 5.82 Å². The van der Waals surface area contributed by atoms with Crippen molar-refractivity contribution in [1.29, 1.82) is 0 Å². The number of halogens is 1. The van der Waals surface area contributed by atoms with Crippen molar-refractivity contribution in [3.8, 4) is 22.4 Å². The lowest BCUT2D eigenvalue weighted by molar-refractivity contribution is 0.619. The van der Waals surface area contributed by atoms with Gasteiger partial charge in [0.25, 0.3) is 0 Å². The Morgan fingerprint density at radius 1 is 0.958 bits per heavy atom. The number of hydrogen-bond donors (Lipinski definition) is 0. The second-order valence-electron chi connectivity index (χ2n) is 5.93. The number of fused-ring (bicyclic) bond motifs is 1. The molecule has 0 N–H and O–H groups in total. The Morgan fingerprint density at radius 3 is 2.62 bits per heavy atom. The van der Waals surface area contributed by atoms with Crippen LogP contribution in [0.4, 0.5) is 4.39 Å². The molecule has 3 aromatic heterocycles. The molecule has 118 valence electrons. The number of hydrogen-bond acceptors (Lipinski definition) is 2. The van der Waals surface area contributed by atoms with Crippen LogP contribution in [-0.4, -0.2) is 14.4 Å². The molecule has 3 nitrogen and oxygen atoms in total. The molecule has 0 atom stereocenters. The summed E-state index contributed by atoms with van der Waals surface area (Å²) < 4.78 is 15.6. The molecule has 0 saturated heterocycles. The zero-order chi connectivity index (χ0) is 16.7. The lowest BCUT2D eigenvalue weighted by Gasteiger charge is -2.10. The summed E-state index contributed by atoms with van der Waals surface area (Å²) in [6.07, 6.45) is 5.81. The molecule has 0 fully saturated rings. The van der Waals surface area contributed by atoms with Crippen molar-refractivity contribution in [2.45, 2.75) is 13.8 Å². The first kappa shape index (κ1) is 14.6. The maximum absolute atomic E-state index is 13.6. The van der Waals surface area contributed by atoms with E-state index in [1.54, 1.807) is 19.2 Å². The zero-order valence-corrected chi connectivity index (χ0v) is 13.5. The molecule has 0 spiro atoms. The van der Waals surface area contributed by atoms with Gasteiger partial charge in [0.1, 0.15) is 11.5 Å². The Balaban J connectivity index is 1.89. The third-order valence-electron chi connectivity index (χ3n) is 4.12. The minimum atomic E-state index is -0.202. The van der Waals surface area contributed by atoms with Gasteiger partial charge in [0.2, 0.25) is 0 Å². The van der Waals surface area contributed by atoms with Gasteiger partial charge >= 0.3 is 0 Å². The first-order chi connectivity index (χ1) is 11.6. The summed E-state index contributed by atoms with van der Waals surface area (Å²) in [4.78, 5) is 8.99. The maximum Gasteiger partial charge on any atom is 0.136 e. The van der Waals surface area contributed by atoms with Gasteiger partial charge in [-0.05, 0) is 55.8 Å². The van der Waals surface area contributed by atoms with Gasteiger partial charge in [0, 0.05) is 35.3 Å². The number of nitrogens with zero attached hydrogens (tertiary/aromatic N) is 3. The van der Waals surface area contributed by atoms with Crippen molar-refractivity contribution in [2.24, 2.45) is 0 Å².